The molecule has 7 nitrogen and oxygen atoms in total. The summed E-state index contributed by atoms with van der Waals surface area (Å²) in [5.74, 6) is -0.636. The Balaban J connectivity index is 2.90. The number of ether oxygens (including phenoxy) is 1. The number of nitrogen functional groups attached to an aromatic ring is 1. The van der Waals surface area contributed by atoms with Gasteiger partial charge in [0.05, 0.1) is 5.69 Å². The number of sulfonamides is 1. The summed E-state index contributed by atoms with van der Waals surface area (Å²) in [5.41, 5.74) is 10.9. The summed E-state index contributed by atoms with van der Waals surface area (Å²) >= 11 is 0. The van der Waals surface area contributed by atoms with Crippen molar-refractivity contribution in [2.45, 2.75) is 11.8 Å². The molecule has 8 heteroatoms. The van der Waals surface area contributed by atoms with Crippen molar-refractivity contribution in [1.82, 2.24) is 4.72 Å². The zero-order valence-corrected chi connectivity index (χ0v) is 12.2. The highest BCUT2D eigenvalue weighted by atomic mass is 32.2. The molecule has 1 atom stereocenters. The Kier molecular flexibility index (Phi) is 5.49. The highest BCUT2D eigenvalue weighted by molar-refractivity contribution is 7.89. The van der Waals surface area contributed by atoms with Gasteiger partial charge in [-0.2, -0.15) is 0 Å². The van der Waals surface area contributed by atoms with Gasteiger partial charge in [0.15, 0.2) is 0 Å². The van der Waals surface area contributed by atoms with Gasteiger partial charge in [-0.15, -0.1) is 0 Å². The summed E-state index contributed by atoms with van der Waals surface area (Å²) in [6.07, 6.45) is 0. The minimum atomic E-state index is -3.73. The average molecular weight is 301 g/mol. The van der Waals surface area contributed by atoms with Crippen LogP contribution in [-0.4, -0.2) is 34.6 Å². The molecule has 1 rings (SSSR count). The Labute approximate surface area is 118 Å². The number of nitrogens with two attached hydrogens (primary N) is 2. The summed E-state index contributed by atoms with van der Waals surface area (Å²) in [5, 5.41) is 0. The number of hydrogen-bond donors (Lipinski definition) is 3. The van der Waals surface area contributed by atoms with Crippen molar-refractivity contribution in [3.8, 4) is 0 Å². The Morgan fingerprint density at radius 3 is 2.60 bits per heavy atom. The number of benzene rings is 1. The van der Waals surface area contributed by atoms with Gasteiger partial charge in [-0.3, -0.25) is 4.79 Å². The van der Waals surface area contributed by atoms with E-state index >= 15 is 0 Å². The number of carbonyl (C=O) groups excluding carboxylic acids is 1. The fraction of sp³-hybridized carbons (Fsp3) is 0.417. The van der Waals surface area contributed by atoms with Crippen LogP contribution in [0.25, 0.3) is 0 Å². The summed E-state index contributed by atoms with van der Waals surface area (Å²) in [4.78, 5) is 10.9. The monoisotopic (exact) mass is 301 g/mol. The summed E-state index contributed by atoms with van der Waals surface area (Å²) in [6.45, 7) is 2.53. The predicted octanol–water partition coefficient (Wildman–Crippen LogP) is -0.0715. The molecule has 0 bridgehead atoms. The Hall–Kier alpha value is -1.64. The molecule has 0 aliphatic heterocycles. The smallest absolute Gasteiger partial charge is 0.248 e. The lowest BCUT2D eigenvalue weighted by molar-refractivity contribution is 0.1000. The molecule has 0 aromatic heterocycles. The normalized spacial score (nSPS) is 13.1. The van der Waals surface area contributed by atoms with Crippen LogP contribution in [0.5, 0.6) is 0 Å². The van der Waals surface area contributed by atoms with E-state index in [1.165, 1.54) is 18.2 Å². The van der Waals surface area contributed by atoms with E-state index in [0.717, 1.165) is 0 Å². The number of nitrogens with one attached hydrogen (secondary N) is 1. The number of primary amides is 1. The first-order chi connectivity index (χ1) is 9.27. The number of rotatable bonds is 7. The number of hydrogen-bond acceptors (Lipinski definition) is 5. The largest absolute Gasteiger partial charge is 0.398 e. The first kappa shape index (κ1) is 16.4. The van der Waals surface area contributed by atoms with Crippen molar-refractivity contribution in [2.24, 2.45) is 11.7 Å². The molecule has 0 saturated carbocycles. The van der Waals surface area contributed by atoms with E-state index in [9.17, 15) is 13.2 Å². The van der Waals surface area contributed by atoms with Crippen molar-refractivity contribution in [3.05, 3.63) is 23.8 Å². The topological polar surface area (TPSA) is 125 Å². The van der Waals surface area contributed by atoms with Gasteiger partial charge in [-0.1, -0.05) is 6.92 Å². The molecule has 1 aromatic carbocycles. The molecule has 0 fully saturated rings. The van der Waals surface area contributed by atoms with Crippen LogP contribution in [0.3, 0.4) is 0 Å². The van der Waals surface area contributed by atoms with Gasteiger partial charge in [0.1, 0.15) is 4.90 Å². The van der Waals surface area contributed by atoms with Crippen LogP contribution < -0.4 is 16.2 Å². The third kappa shape index (κ3) is 4.19. The van der Waals surface area contributed by atoms with Crippen molar-refractivity contribution in [2.75, 3.05) is 26.0 Å². The maximum absolute atomic E-state index is 12.1. The molecular formula is C12H19N3O4S. The summed E-state index contributed by atoms with van der Waals surface area (Å²) in [6, 6.07) is 3.83. The summed E-state index contributed by atoms with van der Waals surface area (Å²) < 4.78 is 31.6. The average Bonchev–Trinajstić information content (AvgIpc) is 2.36. The van der Waals surface area contributed by atoms with Gasteiger partial charge in [-0.05, 0) is 24.1 Å². The van der Waals surface area contributed by atoms with Crippen molar-refractivity contribution < 1.29 is 17.9 Å². The van der Waals surface area contributed by atoms with Gasteiger partial charge in [-0.25, -0.2) is 13.1 Å². The van der Waals surface area contributed by atoms with Crippen LogP contribution in [-0.2, 0) is 14.8 Å². The zero-order valence-electron chi connectivity index (χ0n) is 11.4. The van der Waals surface area contributed by atoms with Gasteiger partial charge in [0, 0.05) is 25.8 Å². The quantitative estimate of drug-likeness (QED) is 0.608. The number of anilines is 1. The van der Waals surface area contributed by atoms with E-state index in [-0.39, 0.29) is 28.6 Å². The highest BCUT2D eigenvalue weighted by Gasteiger charge is 2.19. The van der Waals surface area contributed by atoms with E-state index in [1.54, 1.807) is 7.11 Å². The van der Waals surface area contributed by atoms with E-state index in [0.29, 0.717) is 6.61 Å². The minimum Gasteiger partial charge on any atom is -0.398 e. The molecule has 0 spiro atoms. The SMILES string of the molecule is COCC(C)CNS(=O)(=O)c1ccc(C(N)=O)cc1N. The van der Waals surface area contributed by atoms with Crippen LogP contribution in [0.2, 0.25) is 0 Å². The first-order valence-electron chi connectivity index (χ1n) is 5.96. The second-order valence-electron chi connectivity index (χ2n) is 4.53. The molecule has 0 saturated heterocycles. The van der Waals surface area contributed by atoms with Crippen molar-refractivity contribution in [3.63, 3.8) is 0 Å². The molecule has 5 N–H and O–H groups in total. The standard InChI is InChI=1S/C12H19N3O4S/c1-8(7-19-2)6-15-20(17,18)11-4-3-9(12(14)16)5-10(11)13/h3-5,8,15H,6-7,13H2,1-2H3,(H2,14,16). The van der Waals surface area contributed by atoms with Gasteiger partial charge in [0.2, 0.25) is 15.9 Å². The lowest BCUT2D eigenvalue weighted by Crippen LogP contribution is -2.30. The molecule has 0 aliphatic rings. The molecule has 0 heterocycles. The Morgan fingerprint density at radius 2 is 2.10 bits per heavy atom. The van der Waals surface area contributed by atoms with Crippen molar-refractivity contribution >= 4 is 21.6 Å². The van der Waals surface area contributed by atoms with Crippen LogP contribution in [0.1, 0.15) is 17.3 Å². The van der Waals surface area contributed by atoms with E-state index < -0.39 is 15.9 Å². The van der Waals surface area contributed by atoms with Gasteiger partial charge < -0.3 is 16.2 Å². The van der Waals surface area contributed by atoms with Crippen LogP contribution >= 0.6 is 0 Å². The number of amides is 1. The summed E-state index contributed by atoms with van der Waals surface area (Å²) in [7, 11) is -2.18. The fourth-order valence-electron chi connectivity index (χ4n) is 1.62. The second kappa shape index (κ2) is 6.69. The molecule has 20 heavy (non-hydrogen) atoms. The third-order valence-corrected chi connectivity index (χ3v) is 4.15. The van der Waals surface area contributed by atoms with Crippen LogP contribution in [0.15, 0.2) is 23.1 Å². The molecule has 0 radical (unpaired) electrons. The van der Waals surface area contributed by atoms with Crippen LogP contribution in [0, 0.1) is 5.92 Å². The number of carbonyl (C=O) groups is 1. The van der Waals surface area contributed by atoms with Gasteiger partial charge >= 0.3 is 0 Å². The zero-order chi connectivity index (χ0) is 15.3. The molecule has 1 aromatic rings. The van der Waals surface area contributed by atoms with Crippen LogP contribution in [0.4, 0.5) is 5.69 Å². The first-order valence-corrected chi connectivity index (χ1v) is 7.44. The molecule has 0 aliphatic carbocycles. The highest BCUT2D eigenvalue weighted by Crippen LogP contribution is 2.19. The molecular weight excluding hydrogens is 282 g/mol. The Morgan fingerprint density at radius 1 is 1.45 bits per heavy atom. The molecule has 1 unspecified atom stereocenters. The van der Waals surface area contributed by atoms with Gasteiger partial charge in [0.25, 0.3) is 0 Å². The maximum Gasteiger partial charge on any atom is 0.248 e. The van der Waals surface area contributed by atoms with E-state index in [2.05, 4.69) is 4.72 Å². The second-order valence-corrected chi connectivity index (χ2v) is 6.26. The maximum atomic E-state index is 12.1. The number of methoxy groups -OCH3 is 1. The van der Waals surface area contributed by atoms with E-state index in [1.807, 2.05) is 6.92 Å². The Bertz CT molecular complexity index is 586. The fourth-order valence-corrected chi connectivity index (χ4v) is 2.90. The molecule has 1 amide bonds. The lowest BCUT2D eigenvalue weighted by Gasteiger charge is -2.13. The lowest BCUT2D eigenvalue weighted by atomic mass is 10.2. The minimum absolute atomic E-state index is 0.0202. The van der Waals surface area contributed by atoms with Crippen molar-refractivity contribution in [1.29, 1.82) is 0 Å². The predicted molar refractivity (Wildman–Crippen MR) is 75.6 cm³/mol. The van der Waals surface area contributed by atoms with E-state index in [4.69, 9.17) is 16.2 Å². The third-order valence-electron chi connectivity index (χ3n) is 2.66. The molecule has 112 valence electrons.